The van der Waals surface area contributed by atoms with Crippen molar-refractivity contribution in [1.29, 1.82) is 0 Å². The molecule has 0 unspecified atom stereocenters. The first kappa shape index (κ1) is 24.7. The zero-order valence-corrected chi connectivity index (χ0v) is 20.8. The average Bonchev–Trinajstić information content (AvgIpc) is 2.89. The van der Waals surface area contributed by atoms with Crippen LogP contribution in [0.3, 0.4) is 0 Å². The first-order valence-corrected chi connectivity index (χ1v) is 12.1. The Bertz CT molecular complexity index is 1170. The number of hydrogen-bond donors (Lipinski definition) is 2. The number of benzene rings is 2. The summed E-state index contributed by atoms with van der Waals surface area (Å²) in [5.41, 5.74) is 6.71. The number of piperidine rings is 1. The van der Waals surface area contributed by atoms with E-state index in [1.807, 2.05) is 55.5 Å². The summed E-state index contributed by atoms with van der Waals surface area (Å²) in [6.45, 7) is 4.77. The molecule has 1 amide bonds. The van der Waals surface area contributed by atoms with Gasteiger partial charge in [0.25, 0.3) is 5.91 Å². The highest BCUT2D eigenvalue weighted by Crippen LogP contribution is 2.23. The number of carbonyl (C=O) groups is 1. The summed E-state index contributed by atoms with van der Waals surface area (Å²) < 4.78 is 5.24. The van der Waals surface area contributed by atoms with Crippen molar-refractivity contribution in [2.75, 3.05) is 25.5 Å². The van der Waals surface area contributed by atoms with Crippen molar-refractivity contribution in [2.45, 2.75) is 26.3 Å². The topological polar surface area (TPSA) is 78.8 Å². The van der Waals surface area contributed by atoms with Gasteiger partial charge in [0.05, 0.1) is 19.0 Å². The van der Waals surface area contributed by atoms with Crippen LogP contribution in [0.4, 0.5) is 11.4 Å². The van der Waals surface area contributed by atoms with Gasteiger partial charge in [0.15, 0.2) is 0 Å². The van der Waals surface area contributed by atoms with Crippen LogP contribution in [-0.4, -0.2) is 41.7 Å². The third kappa shape index (κ3) is 6.81. The molecular formula is C27H30ClN5O2. The third-order valence-corrected chi connectivity index (χ3v) is 6.59. The van der Waals surface area contributed by atoms with E-state index in [-0.39, 0.29) is 5.91 Å². The normalized spacial score (nSPS) is 15.0. The number of anilines is 2. The Labute approximate surface area is 211 Å². The molecule has 2 N–H and O–H groups in total. The molecule has 0 aliphatic carbocycles. The van der Waals surface area contributed by atoms with Crippen molar-refractivity contribution in [3.63, 3.8) is 0 Å². The average molecular weight is 492 g/mol. The Balaban J connectivity index is 1.26. The van der Waals surface area contributed by atoms with Crippen molar-refractivity contribution in [1.82, 2.24) is 15.3 Å². The predicted molar refractivity (Wildman–Crippen MR) is 141 cm³/mol. The molecular weight excluding hydrogens is 462 g/mol. The van der Waals surface area contributed by atoms with Crippen LogP contribution < -0.4 is 15.5 Å². The molecule has 0 atom stereocenters. The van der Waals surface area contributed by atoms with Gasteiger partial charge in [-0.3, -0.25) is 9.69 Å². The lowest BCUT2D eigenvalue weighted by atomic mass is 9.92. The van der Waals surface area contributed by atoms with Crippen molar-refractivity contribution in [3.05, 3.63) is 83.1 Å². The Morgan fingerprint density at radius 1 is 1.11 bits per heavy atom. The number of hydrogen-bond acceptors (Lipinski definition) is 6. The summed E-state index contributed by atoms with van der Waals surface area (Å²) in [6.07, 6.45) is 3.62. The molecule has 0 radical (unpaired) electrons. The second-order valence-corrected chi connectivity index (χ2v) is 9.03. The second kappa shape index (κ2) is 11.8. The van der Waals surface area contributed by atoms with E-state index in [1.54, 1.807) is 19.4 Å². The Kier molecular flexibility index (Phi) is 8.34. The minimum absolute atomic E-state index is 0.312. The molecule has 1 aromatic heterocycles. The third-order valence-electron chi connectivity index (χ3n) is 6.22. The zero-order chi connectivity index (χ0) is 24.6. The molecule has 3 aromatic rings. The van der Waals surface area contributed by atoms with Crippen molar-refractivity contribution < 1.29 is 9.53 Å². The molecule has 4 rings (SSSR count). The quantitative estimate of drug-likeness (QED) is 0.321. The highest BCUT2D eigenvalue weighted by molar-refractivity contribution is 6.31. The number of hydrazone groups is 1. The van der Waals surface area contributed by atoms with Gasteiger partial charge in [0.2, 0.25) is 0 Å². The summed E-state index contributed by atoms with van der Waals surface area (Å²) in [5.74, 6) is 0.784. The fourth-order valence-electron chi connectivity index (χ4n) is 4.13. The van der Waals surface area contributed by atoms with Gasteiger partial charge < -0.3 is 10.1 Å². The minimum atomic E-state index is -0.326. The largest absolute Gasteiger partial charge is 0.497 e. The van der Waals surface area contributed by atoms with E-state index in [1.165, 1.54) is 0 Å². The number of ether oxygens (including phenoxy) is 1. The van der Waals surface area contributed by atoms with Gasteiger partial charge in [0, 0.05) is 35.0 Å². The molecule has 1 fully saturated rings. The van der Waals surface area contributed by atoms with Gasteiger partial charge in [-0.25, -0.2) is 10.4 Å². The Morgan fingerprint density at radius 3 is 2.63 bits per heavy atom. The molecule has 35 heavy (non-hydrogen) atoms. The van der Waals surface area contributed by atoms with Crippen LogP contribution in [0.15, 0.2) is 72.0 Å². The Hall–Kier alpha value is -3.42. The van der Waals surface area contributed by atoms with E-state index in [2.05, 4.69) is 31.8 Å². The summed E-state index contributed by atoms with van der Waals surface area (Å²) in [5, 5.41) is 8.42. The number of methoxy groups -OCH3 is 1. The van der Waals surface area contributed by atoms with Gasteiger partial charge in [-0.2, -0.15) is 5.10 Å². The molecule has 0 saturated carbocycles. The minimum Gasteiger partial charge on any atom is -0.497 e. The summed E-state index contributed by atoms with van der Waals surface area (Å²) in [6, 6.07) is 19.1. The fraction of sp³-hybridized carbons (Fsp3) is 0.296. The van der Waals surface area contributed by atoms with E-state index < -0.39 is 0 Å². The second-order valence-electron chi connectivity index (χ2n) is 8.63. The number of likely N-dealkylation sites (tertiary alicyclic amines) is 1. The molecule has 182 valence electrons. The van der Waals surface area contributed by atoms with Crippen LogP contribution in [-0.2, 0) is 6.54 Å². The lowest BCUT2D eigenvalue weighted by Gasteiger charge is -2.32. The standard InChI is InChI=1S/C27H30ClN5O2/c1-19(20-12-14-33(15-13-20)18-21-6-3-4-9-25(21)28)31-32-27(34)26-11-10-23(17-29-26)30-22-7-5-8-24(16-22)35-2/h3-11,16-17,20,30H,12-15,18H2,1-2H3,(H,32,34). The number of nitrogens with zero attached hydrogens (tertiary/aromatic N) is 3. The van der Waals surface area contributed by atoms with E-state index in [4.69, 9.17) is 16.3 Å². The van der Waals surface area contributed by atoms with Crippen molar-refractivity contribution >= 4 is 34.6 Å². The molecule has 1 saturated heterocycles. The van der Waals surface area contributed by atoms with Crippen LogP contribution in [0.5, 0.6) is 5.75 Å². The van der Waals surface area contributed by atoms with E-state index >= 15 is 0 Å². The number of pyridine rings is 1. The number of halogens is 1. The highest BCUT2D eigenvalue weighted by Gasteiger charge is 2.22. The molecule has 0 bridgehead atoms. The Morgan fingerprint density at radius 2 is 1.91 bits per heavy atom. The molecule has 2 aromatic carbocycles. The van der Waals surface area contributed by atoms with Crippen LogP contribution in [0.2, 0.25) is 5.02 Å². The number of amides is 1. The van der Waals surface area contributed by atoms with Gasteiger partial charge in [-0.1, -0.05) is 35.9 Å². The molecule has 2 heterocycles. The lowest BCUT2D eigenvalue weighted by molar-refractivity contribution is 0.0949. The van der Waals surface area contributed by atoms with Crippen molar-refractivity contribution in [2.24, 2.45) is 11.0 Å². The lowest BCUT2D eigenvalue weighted by Crippen LogP contribution is -2.36. The van der Waals surface area contributed by atoms with Gasteiger partial charge >= 0.3 is 0 Å². The first-order chi connectivity index (χ1) is 17.0. The molecule has 8 heteroatoms. The van der Waals surface area contributed by atoms with Crippen LogP contribution in [0.1, 0.15) is 35.8 Å². The smallest absolute Gasteiger partial charge is 0.289 e. The van der Waals surface area contributed by atoms with E-state index in [9.17, 15) is 4.79 Å². The summed E-state index contributed by atoms with van der Waals surface area (Å²) in [7, 11) is 1.63. The number of aromatic nitrogens is 1. The molecule has 1 aliphatic rings. The van der Waals surface area contributed by atoms with Crippen LogP contribution >= 0.6 is 11.6 Å². The van der Waals surface area contributed by atoms with E-state index in [0.717, 1.165) is 65.9 Å². The van der Waals surface area contributed by atoms with Gasteiger partial charge in [-0.05, 0) is 68.8 Å². The highest BCUT2D eigenvalue weighted by atomic mass is 35.5. The van der Waals surface area contributed by atoms with Gasteiger partial charge in [-0.15, -0.1) is 0 Å². The SMILES string of the molecule is COc1cccc(Nc2ccc(C(=O)NN=C(C)C3CCN(Cc4ccccc4Cl)CC3)nc2)c1. The zero-order valence-electron chi connectivity index (χ0n) is 20.0. The van der Waals surface area contributed by atoms with Gasteiger partial charge in [0.1, 0.15) is 11.4 Å². The summed E-state index contributed by atoms with van der Waals surface area (Å²) >= 11 is 6.30. The monoisotopic (exact) mass is 491 g/mol. The number of rotatable bonds is 8. The number of carbonyl (C=O) groups excluding carboxylic acids is 1. The maximum atomic E-state index is 12.5. The molecule has 0 spiro atoms. The van der Waals surface area contributed by atoms with E-state index in [0.29, 0.717) is 11.6 Å². The van der Waals surface area contributed by atoms with Crippen molar-refractivity contribution in [3.8, 4) is 5.75 Å². The number of nitrogens with one attached hydrogen (secondary N) is 2. The first-order valence-electron chi connectivity index (χ1n) is 11.7. The predicted octanol–water partition coefficient (Wildman–Crippen LogP) is 5.51. The fourth-order valence-corrected chi connectivity index (χ4v) is 4.33. The van der Waals surface area contributed by atoms with Crippen LogP contribution in [0.25, 0.3) is 0 Å². The van der Waals surface area contributed by atoms with Crippen LogP contribution in [0, 0.1) is 5.92 Å². The molecule has 7 nitrogen and oxygen atoms in total. The summed E-state index contributed by atoms with van der Waals surface area (Å²) in [4.78, 5) is 19.2. The maximum Gasteiger partial charge on any atom is 0.289 e. The maximum absolute atomic E-state index is 12.5. The molecule has 1 aliphatic heterocycles.